The van der Waals surface area contributed by atoms with Crippen molar-refractivity contribution in [2.45, 2.75) is 25.7 Å². The Balaban J connectivity index is 1.54. The highest BCUT2D eigenvalue weighted by molar-refractivity contribution is 5.74. The summed E-state index contributed by atoms with van der Waals surface area (Å²) < 4.78 is 0. The molecule has 0 aliphatic heterocycles. The quantitative estimate of drug-likeness (QED) is 0.384. The third-order valence-electron chi connectivity index (χ3n) is 5.51. The molecule has 0 saturated heterocycles. The summed E-state index contributed by atoms with van der Waals surface area (Å²) >= 11 is 0. The van der Waals surface area contributed by atoms with Crippen LogP contribution in [0.2, 0.25) is 0 Å². The molecule has 2 nitrogen and oxygen atoms in total. The number of phenolic OH excluding ortho intramolecular Hbond substituents is 2. The van der Waals surface area contributed by atoms with Gasteiger partial charge in [-0.25, -0.2) is 0 Å². The fraction of sp³-hybridized carbons (Fsp3) is 0.143. The SMILES string of the molecule is Oc1ccc(-c2ccc(CCc3ccccc3)cc2O)c(CCc2ccccc2)c1. The van der Waals surface area contributed by atoms with Crippen molar-refractivity contribution in [3.63, 3.8) is 0 Å². The zero-order valence-corrected chi connectivity index (χ0v) is 17.0. The number of hydrogen-bond donors (Lipinski definition) is 2. The summed E-state index contributed by atoms with van der Waals surface area (Å²) in [6, 6.07) is 32.0. The second-order valence-electron chi connectivity index (χ2n) is 7.66. The molecule has 0 radical (unpaired) electrons. The van der Waals surface area contributed by atoms with E-state index in [9.17, 15) is 10.2 Å². The van der Waals surface area contributed by atoms with E-state index >= 15 is 0 Å². The number of rotatable bonds is 7. The Hall–Kier alpha value is -3.52. The summed E-state index contributed by atoms with van der Waals surface area (Å²) in [6.07, 6.45) is 3.51. The Kier molecular flexibility index (Phi) is 6.14. The molecule has 0 saturated carbocycles. The lowest BCUT2D eigenvalue weighted by Crippen LogP contribution is -1.96. The largest absolute Gasteiger partial charge is 0.508 e. The molecule has 0 heterocycles. The molecule has 0 aliphatic carbocycles. The molecule has 150 valence electrons. The zero-order valence-electron chi connectivity index (χ0n) is 17.0. The monoisotopic (exact) mass is 394 g/mol. The van der Waals surface area contributed by atoms with Crippen LogP contribution in [0, 0.1) is 0 Å². The maximum Gasteiger partial charge on any atom is 0.123 e. The van der Waals surface area contributed by atoms with Crippen molar-refractivity contribution in [2.24, 2.45) is 0 Å². The molecule has 4 rings (SSSR count). The van der Waals surface area contributed by atoms with E-state index in [0.717, 1.165) is 47.9 Å². The number of benzene rings is 4. The average Bonchev–Trinajstić information content (AvgIpc) is 2.78. The van der Waals surface area contributed by atoms with E-state index in [1.165, 1.54) is 11.1 Å². The van der Waals surface area contributed by atoms with Crippen molar-refractivity contribution >= 4 is 0 Å². The molecule has 0 unspecified atom stereocenters. The fourth-order valence-electron chi connectivity index (χ4n) is 3.87. The molecule has 0 spiro atoms. The van der Waals surface area contributed by atoms with Gasteiger partial charge in [-0.15, -0.1) is 0 Å². The number of aryl methyl sites for hydroxylation is 4. The lowest BCUT2D eigenvalue weighted by molar-refractivity contribution is 0.473. The summed E-state index contributed by atoms with van der Waals surface area (Å²) in [5, 5.41) is 20.8. The molecule has 0 bridgehead atoms. The maximum absolute atomic E-state index is 10.8. The van der Waals surface area contributed by atoms with E-state index in [-0.39, 0.29) is 11.5 Å². The van der Waals surface area contributed by atoms with E-state index in [4.69, 9.17) is 0 Å². The first-order valence-electron chi connectivity index (χ1n) is 10.4. The van der Waals surface area contributed by atoms with Gasteiger partial charge in [-0.3, -0.25) is 0 Å². The van der Waals surface area contributed by atoms with Crippen LogP contribution in [-0.4, -0.2) is 10.2 Å². The standard InChI is InChI=1S/C28H26O2/c29-25-16-18-26(24(20-25)15-13-22-9-5-2-6-10-22)27-17-14-23(19-28(27)30)12-11-21-7-3-1-4-8-21/h1-10,14,16-20,29-30H,11-13,15H2. The highest BCUT2D eigenvalue weighted by Crippen LogP contribution is 2.35. The highest BCUT2D eigenvalue weighted by atomic mass is 16.3. The topological polar surface area (TPSA) is 40.5 Å². The van der Waals surface area contributed by atoms with Gasteiger partial charge in [0, 0.05) is 5.56 Å². The summed E-state index contributed by atoms with van der Waals surface area (Å²) in [5.74, 6) is 0.535. The molecule has 2 heteroatoms. The van der Waals surface area contributed by atoms with Crippen molar-refractivity contribution in [2.75, 3.05) is 0 Å². The van der Waals surface area contributed by atoms with Crippen LogP contribution in [0.15, 0.2) is 97.1 Å². The predicted molar refractivity (Wildman–Crippen MR) is 123 cm³/mol. The minimum atomic E-state index is 0.251. The Morgan fingerprint density at radius 3 is 1.67 bits per heavy atom. The molecule has 4 aromatic rings. The van der Waals surface area contributed by atoms with Crippen molar-refractivity contribution in [3.05, 3.63) is 119 Å². The molecule has 4 aromatic carbocycles. The van der Waals surface area contributed by atoms with E-state index in [1.54, 1.807) is 12.1 Å². The molecule has 0 aliphatic rings. The first-order valence-corrected chi connectivity index (χ1v) is 10.4. The molecule has 0 fully saturated rings. The van der Waals surface area contributed by atoms with Gasteiger partial charge in [0.2, 0.25) is 0 Å². The van der Waals surface area contributed by atoms with Crippen LogP contribution in [0.5, 0.6) is 11.5 Å². The van der Waals surface area contributed by atoms with Gasteiger partial charge in [0.25, 0.3) is 0 Å². The molecule has 0 aromatic heterocycles. The Morgan fingerprint density at radius 2 is 1.03 bits per heavy atom. The maximum atomic E-state index is 10.8. The normalized spacial score (nSPS) is 10.8. The lowest BCUT2D eigenvalue weighted by Gasteiger charge is -2.13. The second-order valence-corrected chi connectivity index (χ2v) is 7.66. The second kappa shape index (κ2) is 9.32. The predicted octanol–water partition coefficient (Wildman–Crippen LogP) is 6.34. The summed E-state index contributed by atoms with van der Waals surface area (Å²) in [6.45, 7) is 0. The number of hydrogen-bond acceptors (Lipinski definition) is 2. The van der Waals surface area contributed by atoms with Crippen LogP contribution >= 0.6 is 0 Å². The molecule has 30 heavy (non-hydrogen) atoms. The Labute approximate surface area is 178 Å². The van der Waals surface area contributed by atoms with Crippen molar-refractivity contribution in [1.29, 1.82) is 0 Å². The van der Waals surface area contributed by atoms with Gasteiger partial charge in [0.05, 0.1) is 0 Å². The third-order valence-corrected chi connectivity index (χ3v) is 5.51. The first-order chi connectivity index (χ1) is 14.7. The molecular weight excluding hydrogens is 368 g/mol. The fourth-order valence-corrected chi connectivity index (χ4v) is 3.87. The van der Waals surface area contributed by atoms with E-state index < -0.39 is 0 Å². The van der Waals surface area contributed by atoms with E-state index in [2.05, 4.69) is 42.5 Å². The van der Waals surface area contributed by atoms with E-state index in [0.29, 0.717) is 0 Å². The summed E-state index contributed by atoms with van der Waals surface area (Å²) in [5.41, 5.74) is 6.48. The van der Waals surface area contributed by atoms with Gasteiger partial charge < -0.3 is 10.2 Å². The molecule has 0 amide bonds. The van der Waals surface area contributed by atoms with Crippen LogP contribution in [0.1, 0.15) is 22.3 Å². The van der Waals surface area contributed by atoms with Crippen LogP contribution in [0.3, 0.4) is 0 Å². The Bertz CT molecular complexity index is 1100. The Morgan fingerprint density at radius 1 is 0.467 bits per heavy atom. The van der Waals surface area contributed by atoms with Gasteiger partial charge in [-0.2, -0.15) is 0 Å². The van der Waals surface area contributed by atoms with Crippen LogP contribution in [-0.2, 0) is 25.7 Å². The third kappa shape index (κ3) is 4.90. The average molecular weight is 395 g/mol. The van der Waals surface area contributed by atoms with Gasteiger partial charge in [-0.05, 0) is 71.7 Å². The number of phenols is 2. The van der Waals surface area contributed by atoms with Crippen molar-refractivity contribution in [1.82, 2.24) is 0 Å². The van der Waals surface area contributed by atoms with Gasteiger partial charge in [0.1, 0.15) is 11.5 Å². The van der Waals surface area contributed by atoms with Crippen LogP contribution in [0.25, 0.3) is 11.1 Å². The highest BCUT2D eigenvalue weighted by Gasteiger charge is 2.12. The van der Waals surface area contributed by atoms with E-state index in [1.807, 2.05) is 42.5 Å². The van der Waals surface area contributed by atoms with Crippen molar-refractivity contribution in [3.8, 4) is 22.6 Å². The van der Waals surface area contributed by atoms with Crippen LogP contribution < -0.4 is 0 Å². The van der Waals surface area contributed by atoms with Gasteiger partial charge in [0.15, 0.2) is 0 Å². The zero-order chi connectivity index (χ0) is 20.8. The van der Waals surface area contributed by atoms with Crippen LogP contribution in [0.4, 0.5) is 0 Å². The smallest absolute Gasteiger partial charge is 0.123 e. The summed E-state index contributed by atoms with van der Waals surface area (Å²) in [4.78, 5) is 0. The first kappa shape index (κ1) is 19.8. The minimum absolute atomic E-state index is 0.251. The minimum Gasteiger partial charge on any atom is -0.508 e. The summed E-state index contributed by atoms with van der Waals surface area (Å²) in [7, 11) is 0. The van der Waals surface area contributed by atoms with Gasteiger partial charge >= 0.3 is 0 Å². The number of aromatic hydroxyl groups is 2. The molecular formula is C28H26O2. The lowest BCUT2D eigenvalue weighted by atomic mass is 9.93. The van der Waals surface area contributed by atoms with Gasteiger partial charge in [-0.1, -0.05) is 78.9 Å². The molecule has 0 atom stereocenters. The molecule has 2 N–H and O–H groups in total. The van der Waals surface area contributed by atoms with Crippen molar-refractivity contribution < 1.29 is 10.2 Å².